The molecule has 2 N–H and O–H groups in total. The van der Waals surface area contributed by atoms with Gasteiger partial charge in [0.25, 0.3) is 0 Å². The van der Waals surface area contributed by atoms with Gasteiger partial charge in [-0.2, -0.15) is 12.7 Å². The second-order valence-corrected chi connectivity index (χ2v) is 10.5. The van der Waals surface area contributed by atoms with Crippen LogP contribution < -0.4 is 14.9 Å². The third-order valence-corrected chi connectivity index (χ3v) is 7.34. The van der Waals surface area contributed by atoms with Crippen LogP contribution in [-0.4, -0.2) is 45.9 Å². The summed E-state index contributed by atoms with van der Waals surface area (Å²) in [5.41, 5.74) is 1.69. The number of piperidine rings is 1. The van der Waals surface area contributed by atoms with E-state index in [2.05, 4.69) is 21.0 Å². The predicted octanol–water partition coefficient (Wildman–Crippen LogP) is 3.38. The van der Waals surface area contributed by atoms with Crippen molar-refractivity contribution in [3.8, 4) is 0 Å². The zero-order valence-corrected chi connectivity index (χ0v) is 17.9. The molecule has 2 aromatic rings. The van der Waals surface area contributed by atoms with Crippen LogP contribution in [0.1, 0.15) is 17.7 Å². The fourth-order valence-corrected chi connectivity index (χ4v) is 4.67. The Kier molecular flexibility index (Phi) is 6.65. The third kappa shape index (κ3) is 5.58. The summed E-state index contributed by atoms with van der Waals surface area (Å²) in [5, 5.41) is 3.61. The minimum Gasteiger partial charge on any atom is -0.371 e. The van der Waals surface area contributed by atoms with E-state index in [1.165, 1.54) is 19.0 Å². The van der Waals surface area contributed by atoms with Gasteiger partial charge >= 0.3 is 10.2 Å². The average molecular weight is 429 g/mol. The predicted molar refractivity (Wildman–Crippen MR) is 114 cm³/mol. The summed E-state index contributed by atoms with van der Waals surface area (Å²) in [6.07, 6.45) is 2.15. The quantitative estimate of drug-likeness (QED) is 0.709. The molecule has 6 nitrogen and oxygen atoms in total. The number of rotatable bonds is 7. The lowest BCUT2D eigenvalue weighted by molar-refractivity contribution is 0.415. The molecule has 0 unspecified atom stereocenters. The summed E-state index contributed by atoms with van der Waals surface area (Å²) in [6.45, 7) is 2.82. The molecule has 1 aliphatic heterocycles. The fourth-order valence-electron chi connectivity index (χ4n) is 3.01. The van der Waals surface area contributed by atoms with E-state index in [1.807, 2.05) is 18.2 Å². The van der Waals surface area contributed by atoms with E-state index in [1.54, 1.807) is 23.5 Å². The molecule has 27 heavy (non-hydrogen) atoms. The fraction of sp³-hybridized carbons (Fsp3) is 0.444. The lowest BCUT2D eigenvalue weighted by Gasteiger charge is -2.34. The molecule has 1 fully saturated rings. The van der Waals surface area contributed by atoms with Gasteiger partial charge in [0.1, 0.15) is 0 Å². The van der Waals surface area contributed by atoms with Crippen molar-refractivity contribution < 1.29 is 8.42 Å². The number of hydrogen-bond donors (Lipinski definition) is 2. The Bertz CT molecular complexity index is 845. The minimum atomic E-state index is -3.47. The summed E-state index contributed by atoms with van der Waals surface area (Å²) in [5.74, 6) is 0. The van der Waals surface area contributed by atoms with Crippen LogP contribution in [0, 0.1) is 0 Å². The van der Waals surface area contributed by atoms with Crippen LogP contribution >= 0.6 is 22.9 Å². The standard InChI is InChI=1S/C18H25ClN4O2S2/c1-22(2)27(24,25)21-15-3-5-16(6-4-15)23-11-9-14(10-12-23)20-13-17-7-8-18(19)26-17/h3-8,14,20-21H,9-13H2,1-2H3. The molecule has 9 heteroatoms. The van der Waals surface area contributed by atoms with E-state index < -0.39 is 10.2 Å². The zero-order valence-electron chi connectivity index (χ0n) is 15.5. The summed E-state index contributed by atoms with van der Waals surface area (Å²) >= 11 is 7.60. The molecule has 0 aliphatic carbocycles. The van der Waals surface area contributed by atoms with E-state index >= 15 is 0 Å². The number of hydrogen-bond acceptors (Lipinski definition) is 5. The lowest BCUT2D eigenvalue weighted by Crippen LogP contribution is -2.42. The SMILES string of the molecule is CN(C)S(=O)(=O)Nc1ccc(N2CCC(NCc3ccc(Cl)s3)CC2)cc1. The van der Waals surface area contributed by atoms with Crippen molar-refractivity contribution in [2.24, 2.45) is 0 Å². The molecule has 1 aliphatic rings. The van der Waals surface area contributed by atoms with Crippen molar-refractivity contribution in [3.63, 3.8) is 0 Å². The van der Waals surface area contributed by atoms with Gasteiger partial charge in [0.2, 0.25) is 0 Å². The number of nitrogens with zero attached hydrogens (tertiary/aromatic N) is 2. The Balaban J connectivity index is 1.49. The molecule has 1 aromatic carbocycles. The number of anilines is 2. The normalized spacial score (nSPS) is 16.1. The van der Waals surface area contributed by atoms with Gasteiger partial charge in [-0.25, -0.2) is 0 Å². The summed E-state index contributed by atoms with van der Waals surface area (Å²) in [4.78, 5) is 3.60. The number of thiophene rings is 1. The molecule has 0 atom stereocenters. The highest BCUT2D eigenvalue weighted by Crippen LogP contribution is 2.24. The van der Waals surface area contributed by atoms with Crippen molar-refractivity contribution in [2.75, 3.05) is 36.8 Å². The first-order valence-corrected chi connectivity index (χ1v) is 11.5. The summed E-state index contributed by atoms with van der Waals surface area (Å²) in [7, 11) is -0.466. The second-order valence-electron chi connectivity index (χ2n) is 6.78. The van der Waals surface area contributed by atoms with E-state index in [-0.39, 0.29) is 0 Å². The van der Waals surface area contributed by atoms with Gasteiger partial charge in [0.05, 0.1) is 4.34 Å². The van der Waals surface area contributed by atoms with Crippen molar-refractivity contribution in [1.29, 1.82) is 0 Å². The van der Waals surface area contributed by atoms with Gasteiger partial charge in [-0.1, -0.05) is 11.6 Å². The molecule has 0 saturated carbocycles. The molecule has 148 valence electrons. The Labute approximate surface area is 170 Å². The molecule has 0 amide bonds. The molecule has 0 radical (unpaired) electrons. The largest absolute Gasteiger partial charge is 0.371 e. The first-order chi connectivity index (χ1) is 12.8. The van der Waals surface area contributed by atoms with Crippen molar-refractivity contribution in [2.45, 2.75) is 25.4 Å². The van der Waals surface area contributed by atoms with Crippen molar-refractivity contribution >= 4 is 44.5 Å². The number of benzene rings is 1. The molecule has 0 spiro atoms. The van der Waals surface area contributed by atoms with E-state index in [0.717, 1.165) is 46.8 Å². The maximum absolute atomic E-state index is 11.9. The Morgan fingerprint density at radius 2 is 1.81 bits per heavy atom. The van der Waals surface area contributed by atoms with E-state index in [0.29, 0.717) is 11.7 Å². The molecular weight excluding hydrogens is 404 g/mol. The molecule has 2 heterocycles. The smallest absolute Gasteiger partial charge is 0.301 e. The number of halogens is 1. The molecule has 3 rings (SSSR count). The topological polar surface area (TPSA) is 64.7 Å². The van der Waals surface area contributed by atoms with Crippen LogP contribution in [0.2, 0.25) is 4.34 Å². The molecule has 1 saturated heterocycles. The van der Waals surface area contributed by atoms with Gasteiger partial charge in [0.15, 0.2) is 0 Å². The van der Waals surface area contributed by atoms with Crippen LogP contribution in [0.3, 0.4) is 0 Å². The van der Waals surface area contributed by atoms with Gasteiger partial charge in [-0.05, 0) is 49.2 Å². The monoisotopic (exact) mass is 428 g/mol. The molecular formula is C18H25ClN4O2S2. The first kappa shape index (κ1) is 20.4. The van der Waals surface area contributed by atoms with Crippen LogP contribution in [0.5, 0.6) is 0 Å². The van der Waals surface area contributed by atoms with Gasteiger partial charge < -0.3 is 10.2 Å². The third-order valence-electron chi connectivity index (χ3n) is 4.65. The Morgan fingerprint density at radius 1 is 1.15 bits per heavy atom. The summed E-state index contributed by atoms with van der Waals surface area (Å²) < 4.78 is 28.3. The van der Waals surface area contributed by atoms with E-state index in [4.69, 9.17) is 11.6 Å². The van der Waals surface area contributed by atoms with Gasteiger partial charge in [0, 0.05) is 56.0 Å². The van der Waals surface area contributed by atoms with Crippen LogP contribution in [0.4, 0.5) is 11.4 Å². The molecule has 0 bridgehead atoms. The van der Waals surface area contributed by atoms with Gasteiger partial charge in [-0.3, -0.25) is 4.72 Å². The highest BCUT2D eigenvalue weighted by Gasteiger charge is 2.19. The Hall–Kier alpha value is -1.32. The zero-order chi connectivity index (χ0) is 19.4. The highest BCUT2D eigenvalue weighted by atomic mass is 35.5. The van der Waals surface area contributed by atoms with Crippen LogP contribution in [0.15, 0.2) is 36.4 Å². The van der Waals surface area contributed by atoms with Crippen LogP contribution in [-0.2, 0) is 16.8 Å². The molecule has 1 aromatic heterocycles. The lowest BCUT2D eigenvalue weighted by atomic mass is 10.0. The number of nitrogens with one attached hydrogen (secondary N) is 2. The van der Waals surface area contributed by atoms with Crippen molar-refractivity contribution in [3.05, 3.63) is 45.6 Å². The first-order valence-electron chi connectivity index (χ1n) is 8.86. The highest BCUT2D eigenvalue weighted by molar-refractivity contribution is 7.90. The van der Waals surface area contributed by atoms with E-state index in [9.17, 15) is 8.42 Å². The minimum absolute atomic E-state index is 0.508. The Morgan fingerprint density at radius 3 is 2.37 bits per heavy atom. The van der Waals surface area contributed by atoms with Crippen molar-refractivity contribution in [1.82, 2.24) is 9.62 Å². The van der Waals surface area contributed by atoms with Gasteiger partial charge in [-0.15, -0.1) is 11.3 Å². The average Bonchev–Trinajstić information content (AvgIpc) is 3.06. The maximum atomic E-state index is 11.9. The summed E-state index contributed by atoms with van der Waals surface area (Å²) in [6, 6.07) is 12.1. The maximum Gasteiger partial charge on any atom is 0.301 e. The van der Waals surface area contributed by atoms with Crippen LogP contribution in [0.25, 0.3) is 0 Å². The second kappa shape index (κ2) is 8.79.